The van der Waals surface area contributed by atoms with E-state index < -0.39 is 11.7 Å². The van der Waals surface area contributed by atoms with Gasteiger partial charge in [0.15, 0.2) is 0 Å². The van der Waals surface area contributed by atoms with Gasteiger partial charge < -0.3 is 0 Å². The topological polar surface area (TPSA) is 17.1 Å². The Morgan fingerprint density at radius 1 is 1.27 bits per heavy atom. The van der Waals surface area contributed by atoms with Crippen LogP contribution in [0, 0.1) is 0 Å². The van der Waals surface area contributed by atoms with E-state index in [0.29, 0.717) is 18.4 Å². The summed E-state index contributed by atoms with van der Waals surface area (Å²) in [5.41, 5.74) is -0.194. The van der Waals surface area contributed by atoms with Gasteiger partial charge in [0.05, 0.1) is 5.56 Å². The molecule has 1 aliphatic carbocycles. The first-order chi connectivity index (χ1) is 6.98. The molecular formula is C11H9F3O. The Morgan fingerprint density at radius 3 is 2.47 bits per heavy atom. The summed E-state index contributed by atoms with van der Waals surface area (Å²) >= 11 is 0. The quantitative estimate of drug-likeness (QED) is 0.701. The van der Waals surface area contributed by atoms with Crippen LogP contribution in [0.5, 0.6) is 0 Å². The third-order valence-electron chi connectivity index (χ3n) is 2.68. The summed E-state index contributed by atoms with van der Waals surface area (Å²) < 4.78 is 37.1. The van der Waals surface area contributed by atoms with Crippen molar-refractivity contribution in [1.82, 2.24) is 0 Å². The van der Waals surface area contributed by atoms with Crippen LogP contribution in [0.15, 0.2) is 24.3 Å². The SMILES string of the molecule is O=C1CCC1c1cccc(C(F)(F)F)c1. The van der Waals surface area contributed by atoms with Crippen molar-refractivity contribution in [3.05, 3.63) is 35.4 Å². The lowest BCUT2D eigenvalue weighted by Gasteiger charge is -2.24. The molecule has 80 valence electrons. The van der Waals surface area contributed by atoms with E-state index in [9.17, 15) is 18.0 Å². The molecule has 1 aromatic carbocycles. The number of hydrogen-bond acceptors (Lipinski definition) is 1. The molecule has 1 unspecified atom stereocenters. The Morgan fingerprint density at radius 2 is 2.00 bits per heavy atom. The van der Waals surface area contributed by atoms with Crippen LogP contribution in [-0.4, -0.2) is 5.78 Å². The van der Waals surface area contributed by atoms with E-state index in [4.69, 9.17) is 0 Å². The summed E-state index contributed by atoms with van der Waals surface area (Å²) in [5.74, 6) is -0.276. The summed E-state index contributed by atoms with van der Waals surface area (Å²) in [6, 6.07) is 5.02. The van der Waals surface area contributed by atoms with Crippen LogP contribution in [0.1, 0.15) is 29.9 Å². The van der Waals surface area contributed by atoms with Crippen molar-refractivity contribution in [1.29, 1.82) is 0 Å². The fraction of sp³-hybridized carbons (Fsp3) is 0.364. The van der Waals surface area contributed by atoms with Gasteiger partial charge in [-0.25, -0.2) is 0 Å². The normalized spacial score (nSPS) is 21.3. The third-order valence-corrected chi connectivity index (χ3v) is 2.68. The number of carbonyl (C=O) groups is 1. The maximum Gasteiger partial charge on any atom is 0.416 e. The highest BCUT2D eigenvalue weighted by Crippen LogP contribution is 2.36. The van der Waals surface area contributed by atoms with Crippen LogP contribution in [-0.2, 0) is 11.0 Å². The molecular weight excluding hydrogens is 205 g/mol. The average molecular weight is 214 g/mol. The standard InChI is InChI=1S/C11H9F3O/c12-11(13,14)8-3-1-2-7(6-8)9-4-5-10(9)15/h1-3,6,9H,4-5H2. The molecule has 1 nitrogen and oxygen atoms in total. The van der Waals surface area contributed by atoms with Crippen LogP contribution in [0.2, 0.25) is 0 Å². The number of halogens is 3. The van der Waals surface area contributed by atoms with Gasteiger partial charge in [-0.2, -0.15) is 13.2 Å². The lowest BCUT2D eigenvalue weighted by Crippen LogP contribution is -2.23. The molecule has 1 atom stereocenters. The Bertz CT molecular complexity index is 395. The molecule has 2 rings (SSSR count). The van der Waals surface area contributed by atoms with Crippen molar-refractivity contribution in [3.8, 4) is 0 Å². The minimum Gasteiger partial charge on any atom is -0.299 e. The van der Waals surface area contributed by atoms with Crippen LogP contribution < -0.4 is 0 Å². The average Bonchev–Trinajstić information content (AvgIpc) is 2.15. The molecule has 0 aromatic heterocycles. The lowest BCUT2D eigenvalue weighted by molar-refractivity contribution is -0.137. The molecule has 1 fully saturated rings. The second kappa shape index (κ2) is 3.36. The Kier molecular flexibility index (Phi) is 2.29. The number of rotatable bonds is 1. The zero-order valence-corrected chi connectivity index (χ0v) is 7.84. The van der Waals surface area contributed by atoms with E-state index >= 15 is 0 Å². The predicted octanol–water partition coefficient (Wildman–Crippen LogP) is 3.15. The van der Waals surface area contributed by atoms with Crippen molar-refractivity contribution < 1.29 is 18.0 Å². The molecule has 1 aromatic rings. The van der Waals surface area contributed by atoms with Crippen LogP contribution >= 0.6 is 0 Å². The third kappa shape index (κ3) is 1.89. The first-order valence-electron chi connectivity index (χ1n) is 4.68. The van der Waals surface area contributed by atoms with Gasteiger partial charge in [0.25, 0.3) is 0 Å². The van der Waals surface area contributed by atoms with Gasteiger partial charge in [-0.3, -0.25) is 4.79 Å². The van der Waals surface area contributed by atoms with Gasteiger partial charge in [-0.1, -0.05) is 18.2 Å². The molecule has 15 heavy (non-hydrogen) atoms. The molecule has 0 heterocycles. The number of alkyl halides is 3. The summed E-state index contributed by atoms with van der Waals surface area (Å²) in [7, 11) is 0. The fourth-order valence-electron chi connectivity index (χ4n) is 1.69. The number of carbonyl (C=O) groups excluding carboxylic acids is 1. The van der Waals surface area contributed by atoms with Gasteiger partial charge in [0.1, 0.15) is 5.78 Å². The fourth-order valence-corrected chi connectivity index (χ4v) is 1.69. The van der Waals surface area contributed by atoms with Crippen LogP contribution in [0.4, 0.5) is 13.2 Å². The van der Waals surface area contributed by atoms with Crippen molar-refractivity contribution in [2.24, 2.45) is 0 Å². The van der Waals surface area contributed by atoms with Gasteiger partial charge in [0, 0.05) is 12.3 Å². The Balaban J connectivity index is 2.31. The maximum atomic E-state index is 12.4. The number of hydrogen-bond donors (Lipinski definition) is 0. The monoisotopic (exact) mass is 214 g/mol. The predicted molar refractivity (Wildman–Crippen MR) is 48.4 cm³/mol. The minimum atomic E-state index is -4.33. The second-order valence-corrected chi connectivity index (χ2v) is 3.68. The van der Waals surface area contributed by atoms with Gasteiger partial charge in [-0.05, 0) is 18.1 Å². The van der Waals surface area contributed by atoms with Gasteiger partial charge in [-0.15, -0.1) is 0 Å². The van der Waals surface area contributed by atoms with Gasteiger partial charge >= 0.3 is 6.18 Å². The summed E-state index contributed by atoms with van der Waals surface area (Å²) in [5, 5.41) is 0. The van der Waals surface area contributed by atoms with E-state index in [1.807, 2.05) is 0 Å². The smallest absolute Gasteiger partial charge is 0.299 e. The molecule has 0 N–H and O–H groups in total. The molecule has 1 saturated carbocycles. The molecule has 4 heteroatoms. The van der Waals surface area contributed by atoms with Crippen molar-refractivity contribution in [3.63, 3.8) is 0 Å². The lowest BCUT2D eigenvalue weighted by atomic mass is 9.78. The highest BCUT2D eigenvalue weighted by atomic mass is 19.4. The Hall–Kier alpha value is -1.32. The van der Waals surface area contributed by atoms with Crippen LogP contribution in [0.3, 0.4) is 0 Å². The summed E-state index contributed by atoms with van der Waals surface area (Å²) in [4.78, 5) is 11.1. The Labute approximate surface area is 84.9 Å². The number of benzene rings is 1. The van der Waals surface area contributed by atoms with Gasteiger partial charge in [0.2, 0.25) is 0 Å². The number of Topliss-reactive ketones (excluding diaryl/α,β-unsaturated/α-hetero) is 1. The molecule has 0 saturated heterocycles. The summed E-state index contributed by atoms with van der Waals surface area (Å²) in [6.45, 7) is 0. The molecule has 0 spiro atoms. The largest absolute Gasteiger partial charge is 0.416 e. The molecule has 0 bridgehead atoms. The summed E-state index contributed by atoms with van der Waals surface area (Å²) in [6.07, 6.45) is -3.18. The van der Waals surface area contributed by atoms with Crippen molar-refractivity contribution >= 4 is 5.78 Å². The first kappa shape index (κ1) is 10.2. The van der Waals surface area contributed by atoms with E-state index in [0.717, 1.165) is 12.1 Å². The van der Waals surface area contributed by atoms with Crippen molar-refractivity contribution in [2.45, 2.75) is 24.9 Å². The van der Waals surface area contributed by atoms with Crippen molar-refractivity contribution in [2.75, 3.05) is 0 Å². The number of ketones is 1. The van der Waals surface area contributed by atoms with E-state index in [1.165, 1.54) is 6.07 Å². The van der Waals surface area contributed by atoms with E-state index in [1.54, 1.807) is 6.07 Å². The molecule has 1 aliphatic rings. The molecule has 0 aliphatic heterocycles. The zero-order valence-electron chi connectivity index (χ0n) is 7.84. The zero-order chi connectivity index (χ0) is 11.1. The molecule has 0 amide bonds. The molecule has 0 radical (unpaired) electrons. The first-order valence-corrected chi connectivity index (χ1v) is 4.68. The highest BCUT2D eigenvalue weighted by molar-refractivity contribution is 5.91. The van der Waals surface area contributed by atoms with E-state index in [2.05, 4.69) is 0 Å². The second-order valence-electron chi connectivity index (χ2n) is 3.68. The highest BCUT2D eigenvalue weighted by Gasteiger charge is 2.34. The van der Waals surface area contributed by atoms with Crippen LogP contribution in [0.25, 0.3) is 0 Å². The van der Waals surface area contributed by atoms with E-state index in [-0.39, 0.29) is 11.7 Å². The maximum absolute atomic E-state index is 12.4. The minimum absolute atomic E-state index is 0.0364.